The molecule has 1 aliphatic heterocycles. The van der Waals surface area contributed by atoms with Gasteiger partial charge in [0.05, 0.1) is 18.6 Å². The van der Waals surface area contributed by atoms with Gasteiger partial charge >= 0.3 is 5.97 Å². The van der Waals surface area contributed by atoms with E-state index in [-0.39, 0.29) is 24.2 Å². The second-order valence-corrected chi connectivity index (χ2v) is 6.09. The zero-order valence-electron chi connectivity index (χ0n) is 13.7. The van der Waals surface area contributed by atoms with Gasteiger partial charge in [-0.3, -0.25) is 9.59 Å². The molecule has 1 N–H and O–H groups in total. The van der Waals surface area contributed by atoms with E-state index in [1.54, 1.807) is 29.2 Å². The fraction of sp³-hybridized carbons (Fsp3) is 0.471. The fourth-order valence-electron chi connectivity index (χ4n) is 2.50. The molecule has 124 valence electrons. The van der Waals surface area contributed by atoms with E-state index in [2.05, 4.69) is 10.1 Å². The number of ether oxygens (including phenoxy) is 1. The highest BCUT2D eigenvalue weighted by atomic mass is 16.5. The van der Waals surface area contributed by atoms with E-state index in [1.165, 1.54) is 7.11 Å². The van der Waals surface area contributed by atoms with Crippen molar-refractivity contribution in [1.82, 2.24) is 5.32 Å². The summed E-state index contributed by atoms with van der Waals surface area (Å²) in [5, 5.41) is 2.86. The highest BCUT2D eigenvalue weighted by Crippen LogP contribution is 2.26. The van der Waals surface area contributed by atoms with Crippen LogP contribution in [0.25, 0.3) is 0 Å². The Balaban J connectivity index is 2.08. The van der Waals surface area contributed by atoms with Crippen LogP contribution in [0, 0.1) is 11.8 Å². The van der Waals surface area contributed by atoms with Crippen LogP contribution in [0.1, 0.15) is 30.6 Å². The van der Waals surface area contributed by atoms with E-state index in [9.17, 15) is 14.4 Å². The number of amides is 2. The normalized spacial score (nSPS) is 17.5. The molecule has 1 atom stereocenters. The summed E-state index contributed by atoms with van der Waals surface area (Å²) in [6.07, 6.45) is 0.187. The van der Waals surface area contributed by atoms with Crippen molar-refractivity contribution >= 4 is 23.5 Å². The lowest BCUT2D eigenvalue weighted by atomic mass is 10.1. The average Bonchev–Trinajstić information content (AvgIpc) is 2.93. The molecule has 1 fully saturated rings. The smallest absolute Gasteiger partial charge is 0.337 e. The Kier molecular flexibility index (Phi) is 5.36. The molecule has 2 rings (SSSR count). The Bertz CT molecular complexity index is 612. The van der Waals surface area contributed by atoms with E-state index in [4.69, 9.17) is 0 Å². The van der Waals surface area contributed by atoms with Gasteiger partial charge in [-0.15, -0.1) is 0 Å². The summed E-state index contributed by atoms with van der Waals surface area (Å²) in [5.74, 6) is -0.660. The van der Waals surface area contributed by atoms with Crippen LogP contribution in [0.2, 0.25) is 0 Å². The van der Waals surface area contributed by atoms with Gasteiger partial charge in [-0.1, -0.05) is 19.9 Å². The lowest BCUT2D eigenvalue weighted by Crippen LogP contribution is -2.35. The van der Waals surface area contributed by atoms with Crippen LogP contribution in [0.3, 0.4) is 0 Å². The molecular weight excluding hydrogens is 296 g/mol. The first-order valence-corrected chi connectivity index (χ1v) is 7.68. The van der Waals surface area contributed by atoms with E-state index in [1.807, 2.05) is 13.8 Å². The molecule has 6 nitrogen and oxygen atoms in total. The van der Waals surface area contributed by atoms with Crippen molar-refractivity contribution in [2.75, 3.05) is 25.1 Å². The van der Waals surface area contributed by atoms with Crippen LogP contribution in [-0.4, -0.2) is 38.0 Å². The molecule has 2 amide bonds. The lowest BCUT2D eigenvalue weighted by molar-refractivity contribution is -0.126. The molecule has 1 aromatic carbocycles. The summed E-state index contributed by atoms with van der Waals surface area (Å²) in [6.45, 7) is 4.96. The molecule has 1 unspecified atom stereocenters. The molecule has 1 saturated heterocycles. The average molecular weight is 318 g/mol. The molecular formula is C17H22N2O4. The molecule has 6 heteroatoms. The third kappa shape index (κ3) is 4.09. The number of carbonyl (C=O) groups excluding carboxylic acids is 3. The Labute approximate surface area is 135 Å². The topological polar surface area (TPSA) is 75.7 Å². The van der Waals surface area contributed by atoms with E-state index in [0.29, 0.717) is 30.3 Å². The minimum atomic E-state index is -0.454. The van der Waals surface area contributed by atoms with Gasteiger partial charge in [-0.05, 0) is 24.1 Å². The monoisotopic (exact) mass is 318 g/mol. The van der Waals surface area contributed by atoms with Gasteiger partial charge in [0.15, 0.2) is 0 Å². The third-order valence-electron chi connectivity index (χ3n) is 3.76. The van der Waals surface area contributed by atoms with Gasteiger partial charge < -0.3 is 15.0 Å². The molecule has 0 bridgehead atoms. The summed E-state index contributed by atoms with van der Waals surface area (Å²) in [5.41, 5.74) is 0.988. The minimum absolute atomic E-state index is 0.0985. The van der Waals surface area contributed by atoms with Crippen molar-refractivity contribution in [3.8, 4) is 0 Å². The number of nitrogens with one attached hydrogen (secondary N) is 1. The second-order valence-electron chi connectivity index (χ2n) is 6.09. The minimum Gasteiger partial charge on any atom is -0.465 e. The summed E-state index contributed by atoms with van der Waals surface area (Å²) >= 11 is 0. The number of methoxy groups -OCH3 is 1. The maximum Gasteiger partial charge on any atom is 0.337 e. The highest BCUT2D eigenvalue weighted by molar-refractivity contribution is 6.01. The standard InChI is InChI=1S/C17H22N2O4/c1-11(2)9-18-16(21)13-8-15(20)19(10-13)14-6-4-5-12(7-14)17(22)23-3/h4-7,11,13H,8-10H2,1-3H3,(H,18,21). The number of hydrogen-bond donors (Lipinski definition) is 1. The summed E-state index contributed by atoms with van der Waals surface area (Å²) < 4.78 is 4.69. The van der Waals surface area contributed by atoms with Gasteiger partial charge in [0.25, 0.3) is 0 Å². The number of esters is 1. The van der Waals surface area contributed by atoms with Crippen molar-refractivity contribution < 1.29 is 19.1 Å². The maximum absolute atomic E-state index is 12.2. The number of carbonyl (C=O) groups is 3. The third-order valence-corrected chi connectivity index (χ3v) is 3.76. The number of anilines is 1. The van der Waals surface area contributed by atoms with Gasteiger partial charge in [0.1, 0.15) is 0 Å². The zero-order chi connectivity index (χ0) is 17.0. The van der Waals surface area contributed by atoms with Crippen LogP contribution < -0.4 is 10.2 Å². The van der Waals surface area contributed by atoms with Crippen LogP contribution >= 0.6 is 0 Å². The largest absolute Gasteiger partial charge is 0.465 e. The molecule has 0 aromatic heterocycles. The quantitative estimate of drug-likeness (QED) is 0.837. The van der Waals surface area contributed by atoms with Crippen LogP contribution in [0.4, 0.5) is 5.69 Å². The predicted molar refractivity (Wildman–Crippen MR) is 86.1 cm³/mol. The first-order valence-electron chi connectivity index (χ1n) is 7.68. The van der Waals surface area contributed by atoms with Crippen molar-refractivity contribution in [3.05, 3.63) is 29.8 Å². The Hall–Kier alpha value is -2.37. The van der Waals surface area contributed by atoms with Crippen LogP contribution in [-0.2, 0) is 14.3 Å². The van der Waals surface area contributed by atoms with Crippen molar-refractivity contribution in [1.29, 1.82) is 0 Å². The molecule has 1 aliphatic rings. The summed E-state index contributed by atoms with van der Waals surface area (Å²) in [4.78, 5) is 37.5. The highest BCUT2D eigenvalue weighted by Gasteiger charge is 2.35. The lowest BCUT2D eigenvalue weighted by Gasteiger charge is -2.17. The molecule has 0 saturated carbocycles. The number of rotatable bonds is 5. The van der Waals surface area contributed by atoms with E-state index < -0.39 is 5.97 Å². The molecule has 1 aromatic rings. The Morgan fingerprint density at radius 2 is 2.13 bits per heavy atom. The molecule has 0 aliphatic carbocycles. The second kappa shape index (κ2) is 7.26. The maximum atomic E-state index is 12.2. The van der Waals surface area contributed by atoms with Crippen molar-refractivity contribution in [3.63, 3.8) is 0 Å². The number of hydrogen-bond acceptors (Lipinski definition) is 4. The van der Waals surface area contributed by atoms with Gasteiger partial charge in [-0.2, -0.15) is 0 Å². The van der Waals surface area contributed by atoms with E-state index >= 15 is 0 Å². The van der Waals surface area contributed by atoms with Crippen molar-refractivity contribution in [2.24, 2.45) is 11.8 Å². The predicted octanol–water partition coefficient (Wildman–Crippen LogP) is 1.60. The zero-order valence-corrected chi connectivity index (χ0v) is 13.7. The van der Waals surface area contributed by atoms with Crippen LogP contribution in [0.15, 0.2) is 24.3 Å². The summed E-state index contributed by atoms with van der Waals surface area (Å²) in [6, 6.07) is 6.68. The molecule has 23 heavy (non-hydrogen) atoms. The Morgan fingerprint density at radius 3 is 2.78 bits per heavy atom. The fourth-order valence-corrected chi connectivity index (χ4v) is 2.50. The number of benzene rings is 1. The molecule has 0 spiro atoms. The first-order chi connectivity index (χ1) is 10.9. The van der Waals surface area contributed by atoms with E-state index in [0.717, 1.165) is 0 Å². The molecule has 0 radical (unpaired) electrons. The summed E-state index contributed by atoms with van der Waals surface area (Å²) in [7, 11) is 1.31. The molecule has 1 heterocycles. The van der Waals surface area contributed by atoms with Gasteiger partial charge in [0, 0.05) is 25.2 Å². The SMILES string of the molecule is COC(=O)c1cccc(N2CC(C(=O)NCC(C)C)CC2=O)c1. The van der Waals surface area contributed by atoms with Crippen LogP contribution in [0.5, 0.6) is 0 Å². The first kappa shape index (κ1) is 17.0. The Morgan fingerprint density at radius 1 is 1.39 bits per heavy atom. The van der Waals surface area contributed by atoms with Crippen molar-refractivity contribution in [2.45, 2.75) is 20.3 Å². The van der Waals surface area contributed by atoms with Gasteiger partial charge in [-0.25, -0.2) is 4.79 Å². The van der Waals surface area contributed by atoms with Gasteiger partial charge in [0.2, 0.25) is 11.8 Å². The number of nitrogens with zero attached hydrogens (tertiary/aromatic N) is 1.